The maximum Gasteiger partial charge on any atom is 0.322 e. The Hall–Kier alpha value is -3.39. The minimum Gasteiger partial charge on any atom is -0.491 e. The first-order valence-corrected chi connectivity index (χ1v) is 13.6. The quantitative estimate of drug-likeness (QED) is 0.359. The molecule has 3 amide bonds. The summed E-state index contributed by atoms with van der Waals surface area (Å²) in [6, 6.07) is 15.0. The van der Waals surface area contributed by atoms with Gasteiger partial charge in [-0.3, -0.25) is 4.79 Å². The van der Waals surface area contributed by atoms with Gasteiger partial charge in [-0.05, 0) is 60.5 Å². The van der Waals surface area contributed by atoms with Crippen LogP contribution in [-0.4, -0.2) is 48.0 Å². The highest BCUT2D eigenvalue weighted by Gasteiger charge is 2.33. The number of nitrogens with one attached hydrogen (secondary N) is 1. The molecule has 0 spiro atoms. The number of thiophene rings is 1. The van der Waals surface area contributed by atoms with Crippen molar-refractivity contribution in [3.05, 3.63) is 81.8 Å². The van der Waals surface area contributed by atoms with Crippen molar-refractivity contribution in [2.24, 2.45) is 5.92 Å². The summed E-state index contributed by atoms with van der Waals surface area (Å²) in [5.41, 5.74) is 2.85. The standard InChI is InChI=1S/C29H34FN3O3S/c1-4-20(2)17-32(29(35)31-23-10-8-21(3)9-11-23)18-28(34)33-14-12-27-25(13-15-37-27)26(33)19-36-24-7-5-6-22(30)16-24/h5-11,13,15-16,20,26H,4,12,14,17-19H2,1-3H3,(H,31,35)/t20-,26-/m0/s1. The van der Waals surface area contributed by atoms with E-state index in [9.17, 15) is 14.0 Å². The van der Waals surface area contributed by atoms with Crippen molar-refractivity contribution >= 4 is 29.0 Å². The number of carbonyl (C=O) groups is 2. The third-order valence-electron chi connectivity index (χ3n) is 6.76. The number of aryl methyl sites for hydroxylation is 1. The summed E-state index contributed by atoms with van der Waals surface area (Å²) >= 11 is 1.67. The summed E-state index contributed by atoms with van der Waals surface area (Å²) in [6.07, 6.45) is 1.66. The van der Waals surface area contributed by atoms with Gasteiger partial charge in [-0.2, -0.15) is 0 Å². The Bertz CT molecular complexity index is 1210. The van der Waals surface area contributed by atoms with Gasteiger partial charge in [0.1, 0.15) is 24.7 Å². The Morgan fingerprint density at radius 2 is 2.00 bits per heavy atom. The van der Waals surface area contributed by atoms with E-state index in [1.165, 1.54) is 17.0 Å². The molecule has 2 atom stereocenters. The number of amides is 3. The molecule has 2 aromatic carbocycles. The lowest BCUT2D eigenvalue weighted by molar-refractivity contribution is -0.135. The molecule has 0 fully saturated rings. The second-order valence-electron chi connectivity index (χ2n) is 9.61. The predicted molar refractivity (Wildman–Crippen MR) is 146 cm³/mol. The van der Waals surface area contributed by atoms with Gasteiger partial charge in [-0.1, -0.05) is 44.0 Å². The zero-order valence-corrected chi connectivity index (χ0v) is 22.4. The maximum atomic E-state index is 13.7. The van der Waals surface area contributed by atoms with Crippen LogP contribution >= 0.6 is 11.3 Å². The van der Waals surface area contributed by atoms with E-state index in [-0.39, 0.29) is 42.9 Å². The Balaban J connectivity index is 1.50. The van der Waals surface area contributed by atoms with Crippen LogP contribution in [0.5, 0.6) is 5.75 Å². The highest BCUT2D eigenvalue weighted by atomic mass is 32.1. The van der Waals surface area contributed by atoms with Gasteiger partial charge in [-0.25, -0.2) is 9.18 Å². The number of anilines is 1. The SMILES string of the molecule is CC[C@H](C)CN(CC(=O)N1CCc2sccc2[C@@H]1COc1cccc(F)c1)C(=O)Nc1ccc(C)cc1. The van der Waals surface area contributed by atoms with Crippen molar-refractivity contribution in [3.8, 4) is 5.75 Å². The van der Waals surface area contributed by atoms with E-state index >= 15 is 0 Å². The molecular weight excluding hydrogens is 489 g/mol. The van der Waals surface area contributed by atoms with Crippen LogP contribution in [0, 0.1) is 18.7 Å². The minimum atomic E-state index is -0.370. The van der Waals surface area contributed by atoms with Crippen LogP contribution in [0.25, 0.3) is 0 Å². The molecular formula is C29H34FN3O3S. The molecule has 0 aliphatic carbocycles. The summed E-state index contributed by atoms with van der Waals surface area (Å²) in [5.74, 6) is 0.164. The first-order valence-electron chi connectivity index (χ1n) is 12.7. The molecule has 0 unspecified atom stereocenters. The lowest BCUT2D eigenvalue weighted by Gasteiger charge is -2.37. The first-order chi connectivity index (χ1) is 17.8. The van der Waals surface area contributed by atoms with E-state index in [0.29, 0.717) is 24.5 Å². The van der Waals surface area contributed by atoms with Crippen LogP contribution in [0.4, 0.5) is 14.9 Å². The Morgan fingerprint density at radius 3 is 2.73 bits per heavy atom. The number of fused-ring (bicyclic) bond motifs is 1. The molecule has 196 valence electrons. The van der Waals surface area contributed by atoms with Crippen LogP contribution in [0.3, 0.4) is 0 Å². The van der Waals surface area contributed by atoms with E-state index in [2.05, 4.69) is 19.2 Å². The normalized spacial score (nSPS) is 15.6. The van der Waals surface area contributed by atoms with Crippen LogP contribution in [0.1, 0.15) is 42.3 Å². The topological polar surface area (TPSA) is 61.9 Å². The van der Waals surface area contributed by atoms with Gasteiger partial charge in [0.25, 0.3) is 0 Å². The predicted octanol–water partition coefficient (Wildman–Crippen LogP) is 6.28. The second kappa shape index (κ2) is 12.2. The Labute approximate surface area is 222 Å². The molecule has 1 aliphatic heterocycles. The van der Waals surface area contributed by atoms with Crippen molar-refractivity contribution in [2.45, 2.75) is 39.7 Å². The summed E-state index contributed by atoms with van der Waals surface area (Å²) in [4.78, 5) is 31.5. The van der Waals surface area contributed by atoms with Crippen LogP contribution < -0.4 is 10.1 Å². The van der Waals surface area contributed by atoms with Gasteiger partial charge < -0.3 is 19.9 Å². The van der Waals surface area contributed by atoms with Crippen LogP contribution in [0.15, 0.2) is 60.0 Å². The zero-order valence-electron chi connectivity index (χ0n) is 21.6. The number of hydrogen-bond acceptors (Lipinski definition) is 4. The Morgan fingerprint density at radius 1 is 1.22 bits per heavy atom. The van der Waals surface area contributed by atoms with Gasteiger partial charge in [0, 0.05) is 29.7 Å². The number of carbonyl (C=O) groups excluding carboxylic acids is 2. The van der Waals surface area contributed by atoms with E-state index in [1.807, 2.05) is 42.6 Å². The van der Waals surface area contributed by atoms with E-state index < -0.39 is 0 Å². The molecule has 2 heterocycles. The van der Waals surface area contributed by atoms with E-state index in [0.717, 1.165) is 24.0 Å². The fourth-order valence-corrected chi connectivity index (χ4v) is 5.35. The van der Waals surface area contributed by atoms with Crippen LogP contribution in [0.2, 0.25) is 0 Å². The van der Waals surface area contributed by atoms with Crippen molar-refractivity contribution in [1.82, 2.24) is 9.80 Å². The molecule has 6 nitrogen and oxygen atoms in total. The fourth-order valence-electron chi connectivity index (χ4n) is 4.42. The van der Waals surface area contributed by atoms with E-state index in [4.69, 9.17) is 4.74 Å². The number of nitrogens with zero attached hydrogens (tertiary/aromatic N) is 2. The number of ether oxygens (including phenoxy) is 1. The van der Waals surface area contributed by atoms with Crippen molar-refractivity contribution in [3.63, 3.8) is 0 Å². The van der Waals surface area contributed by atoms with Crippen molar-refractivity contribution in [1.29, 1.82) is 0 Å². The third kappa shape index (κ3) is 6.89. The molecule has 0 saturated heterocycles. The molecule has 1 aliphatic rings. The minimum absolute atomic E-state index is 0.0298. The first kappa shape index (κ1) is 26.7. The highest BCUT2D eigenvalue weighted by Crippen LogP contribution is 2.34. The lowest BCUT2D eigenvalue weighted by atomic mass is 10.00. The largest absolute Gasteiger partial charge is 0.491 e. The lowest BCUT2D eigenvalue weighted by Crippen LogP contribution is -2.49. The molecule has 8 heteroatoms. The smallest absolute Gasteiger partial charge is 0.322 e. The molecule has 0 radical (unpaired) electrons. The van der Waals surface area contributed by atoms with Gasteiger partial charge in [0.05, 0.1) is 6.04 Å². The fraction of sp³-hybridized carbons (Fsp3) is 0.379. The summed E-state index contributed by atoms with van der Waals surface area (Å²) < 4.78 is 19.6. The van der Waals surface area contributed by atoms with Gasteiger partial charge >= 0.3 is 6.03 Å². The monoisotopic (exact) mass is 523 g/mol. The van der Waals surface area contributed by atoms with E-state index in [1.54, 1.807) is 33.3 Å². The summed E-state index contributed by atoms with van der Waals surface area (Å²) in [5, 5.41) is 4.97. The average Bonchev–Trinajstić information content (AvgIpc) is 3.37. The number of urea groups is 1. The number of halogens is 1. The molecule has 3 aromatic rings. The van der Waals surface area contributed by atoms with Gasteiger partial charge in [0.2, 0.25) is 5.91 Å². The molecule has 4 rings (SSSR count). The maximum absolute atomic E-state index is 13.7. The highest BCUT2D eigenvalue weighted by molar-refractivity contribution is 7.10. The number of hydrogen-bond donors (Lipinski definition) is 1. The van der Waals surface area contributed by atoms with Gasteiger partial charge in [0.15, 0.2) is 0 Å². The number of rotatable bonds is 9. The van der Waals surface area contributed by atoms with Crippen molar-refractivity contribution < 1.29 is 18.7 Å². The molecule has 0 bridgehead atoms. The molecule has 0 saturated carbocycles. The zero-order chi connectivity index (χ0) is 26.4. The second-order valence-corrected chi connectivity index (χ2v) is 10.6. The molecule has 37 heavy (non-hydrogen) atoms. The van der Waals surface area contributed by atoms with Crippen LogP contribution in [-0.2, 0) is 11.2 Å². The molecule has 1 aromatic heterocycles. The molecule has 1 N–H and O–H groups in total. The Kier molecular flexibility index (Phi) is 8.82. The summed E-state index contributed by atoms with van der Waals surface area (Å²) in [7, 11) is 0. The summed E-state index contributed by atoms with van der Waals surface area (Å²) in [6.45, 7) is 7.33. The van der Waals surface area contributed by atoms with Crippen molar-refractivity contribution in [2.75, 3.05) is 31.6 Å². The van der Waals surface area contributed by atoms with Gasteiger partial charge in [-0.15, -0.1) is 11.3 Å². The number of benzene rings is 2. The average molecular weight is 524 g/mol. The third-order valence-corrected chi connectivity index (χ3v) is 7.76.